The van der Waals surface area contributed by atoms with Gasteiger partial charge in [0.25, 0.3) is 0 Å². The third kappa shape index (κ3) is 2.77. The average Bonchev–Trinajstić information content (AvgIpc) is 2.40. The molecule has 0 aromatic heterocycles. The minimum absolute atomic E-state index is 0.490. The van der Waals surface area contributed by atoms with Crippen molar-refractivity contribution in [3.8, 4) is 12.1 Å². The molecule has 1 aromatic rings. The van der Waals surface area contributed by atoms with Crippen LogP contribution in [-0.2, 0) is 0 Å². The summed E-state index contributed by atoms with van der Waals surface area (Å²) in [6.45, 7) is 2.01. The van der Waals surface area contributed by atoms with Gasteiger partial charge in [0, 0.05) is 25.2 Å². The summed E-state index contributed by atoms with van der Waals surface area (Å²) in [5.41, 5.74) is 1.85. The van der Waals surface area contributed by atoms with Crippen LogP contribution in [-0.4, -0.2) is 13.1 Å². The van der Waals surface area contributed by atoms with Crippen LogP contribution in [0.1, 0.15) is 24.8 Å². The molecular formula is C14H15N3. The summed E-state index contributed by atoms with van der Waals surface area (Å²) in [5.74, 6) is 0.490. The van der Waals surface area contributed by atoms with Gasteiger partial charge in [-0.3, -0.25) is 0 Å². The van der Waals surface area contributed by atoms with Gasteiger partial charge in [0.05, 0.1) is 17.7 Å². The number of rotatable bonds is 2. The maximum Gasteiger partial charge on any atom is 0.0991 e. The minimum Gasteiger partial charge on any atom is -0.371 e. The van der Waals surface area contributed by atoms with Crippen molar-refractivity contribution in [2.75, 3.05) is 18.0 Å². The molecule has 1 aromatic carbocycles. The second-order valence-electron chi connectivity index (χ2n) is 4.48. The molecular weight excluding hydrogens is 210 g/mol. The Hall–Kier alpha value is -2.00. The lowest BCUT2D eigenvalue weighted by Gasteiger charge is -2.33. The third-order valence-corrected chi connectivity index (χ3v) is 3.26. The van der Waals surface area contributed by atoms with E-state index >= 15 is 0 Å². The monoisotopic (exact) mass is 225 g/mol. The van der Waals surface area contributed by atoms with Crippen LogP contribution < -0.4 is 4.90 Å². The molecule has 86 valence electrons. The van der Waals surface area contributed by atoms with E-state index in [1.54, 1.807) is 0 Å². The van der Waals surface area contributed by atoms with E-state index in [1.165, 1.54) is 0 Å². The van der Waals surface area contributed by atoms with Crippen molar-refractivity contribution in [2.24, 2.45) is 5.92 Å². The Balaban J connectivity index is 2.06. The second kappa shape index (κ2) is 5.37. The van der Waals surface area contributed by atoms with E-state index in [9.17, 15) is 0 Å². The van der Waals surface area contributed by atoms with Gasteiger partial charge < -0.3 is 4.90 Å². The molecule has 1 saturated heterocycles. The average molecular weight is 225 g/mol. The molecule has 1 aliphatic heterocycles. The van der Waals surface area contributed by atoms with Gasteiger partial charge in [-0.1, -0.05) is 0 Å². The summed E-state index contributed by atoms with van der Waals surface area (Å²) in [4.78, 5) is 2.31. The Morgan fingerprint density at radius 1 is 1.24 bits per heavy atom. The first-order valence-electron chi connectivity index (χ1n) is 5.95. The van der Waals surface area contributed by atoms with Crippen molar-refractivity contribution in [1.29, 1.82) is 10.5 Å². The van der Waals surface area contributed by atoms with Crippen LogP contribution in [0.25, 0.3) is 0 Å². The van der Waals surface area contributed by atoms with Crippen molar-refractivity contribution >= 4 is 5.69 Å². The number of benzene rings is 1. The molecule has 1 fully saturated rings. The van der Waals surface area contributed by atoms with Crippen molar-refractivity contribution in [2.45, 2.75) is 19.3 Å². The van der Waals surface area contributed by atoms with Crippen LogP contribution >= 0.6 is 0 Å². The molecule has 0 saturated carbocycles. The van der Waals surface area contributed by atoms with Gasteiger partial charge in [-0.15, -0.1) is 0 Å². The molecule has 17 heavy (non-hydrogen) atoms. The Morgan fingerprint density at radius 3 is 2.65 bits per heavy atom. The Kier molecular flexibility index (Phi) is 3.62. The molecule has 1 heterocycles. The van der Waals surface area contributed by atoms with E-state index in [-0.39, 0.29) is 0 Å². The lowest BCUT2D eigenvalue weighted by atomic mass is 9.95. The summed E-state index contributed by atoms with van der Waals surface area (Å²) < 4.78 is 0. The summed E-state index contributed by atoms with van der Waals surface area (Å²) >= 11 is 0. The van der Waals surface area contributed by atoms with Crippen LogP contribution in [0.5, 0.6) is 0 Å². The van der Waals surface area contributed by atoms with Gasteiger partial charge in [-0.2, -0.15) is 10.5 Å². The molecule has 0 bridgehead atoms. The molecule has 0 radical (unpaired) electrons. The fourth-order valence-corrected chi connectivity index (χ4v) is 2.34. The first-order chi connectivity index (χ1) is 8.33. The van der Waals surface area contributed by atoms with Crippen LogP contribution in [0.2, 0.25) is 0 Å². The SMILES string of the molecule is N#CCC1CCCN(c2ccc(C#N)cc2)C1. The van der Waals surface area contributed by atoms with Crippen LogP contribution in [0, 0.1) is 28.6 Å². The lowest BCUT2D eigenvalue weighted by Crippen LogP contribution is -2.35. The maximum absolute atomic E-state index is 8.75. The summed E-state index contributed by atoms with van der Waals surface area (Å²) in [6, 6.07) is 12.1. The van der Waals surface area contributed by atoms with E-state index in [4.69, 9.17) is 10.5 Å². The maximum atomic E-state index is 8.75. The predicted molar refractivity (Wildman–Crippen MR) is 66.3 cm³/mol. The fourth-order valence-electron chi connectivity index (χ4n) is 2.34. The van der Waals surface area contributed by atoms with E-state index in [1.807, 2.05) is 24.3 Å². The molecule has 3 nitrogen and oxygen atoms in total. The zero-order chi connectivity index (χ0) is 12.1. The highest BCUT2D eigenvalue weighted by Gasteiger charge is 2.19. The minimum atomic E-state index is 0.490. The van der Waals surface area contributed by atoms with E-state index in [0.717, 1.165) is 31.6 Å². The van der Waals surface area contributed by atoms with Crippen LogP contribution in [0.4, 0.5) is 5.69 Å². The summed E-state index contributed by atoms with van der Waals surface area (Å²) in [6.07, 6.45) is 2.94. The summed E-state index contributed by atoms with van der Waals surface area (Å²) in [7, 11) is 0. The number of hydrogen-bond acceptors (Lipinski definition) is 3. The lowest BCUT2D eigenvalue weighted by molar-refractivity contribution is 0.422. The smallest absolute Gasteiger partial charge is 0.0991 e. The van der Waals surface area contributed by atoms with E-state index < -0.39 is 0 Å². The third-order valence-electron chi connectivity index (χ3n) is 3.26. The fraction of sp³-hybridized carbons (Fsp3) is 0.429. The number of nitrogens with zero attached hydrogens (tertiary/aromatic N) is 3. The largest absolute Gasteiger partial charge is 0.371 e. The van der Waals surface area contributed by atoms with Crippen molar-refractivity contribution in [3.05, 3.63) is 29.8 Å². The molecule has 0 amide bonds. The normalized spacial score (nSPS) is 19.4. The first-order valence-corrected chi connectivity index (χ1v) is 5.95. The first kappa shape index (κ1) is 11.5. The highest BCUT2D eigenvalue weighted by atomic mass is 15.1. The second-order valence-corrected chi connectivity index (χ2v) is 4.48. The number of nitriles is 2. The summed E-state index contributed by atoms with van der Waals surface area (Å²) in [5, 5.41) is 17.5. The molecule has 0 aliphatic carbocycles. The molecule has 2 rings (SSSR count). The molecule has 1 aliphatic rings. The number of anilines is 1. The topological polar surface area (TPSA) is 50.8 Å². The van der Waals surface area contributed by atoms with E-state index in [2.05, 4.69) is 17.0 Å². The van der Waals surface area contributed by atoms with Crippen LogP contribution in [0.3, 0.4) is 0 Å². The zero-order valence-corrected chi connectivity index (χ0v) is 9.76. The number of hydrogen-bond donors (Lipinski definition) is 0. The van der Waals surface area contributed by atoms with Crippen LogP contribution in [0.15, 0.2) is 24.3 Å². The van der Waals surface area contributed by atoms with Gasteiger partial charge >= 0.3 is 0 Å². The quantitative estimate of drug-likeness (QED) is 0.777. The molecule has 1 atom stereocenters. The Morgan fingerprint density at radius 2 is 2.00 bits per heavy atom. The standard InChI is InChI=1S/C14H15N3/c15-8-7-13-2-1-9-17(11-13)14-5-3-12(10-16)4-6-14/h3-6,13H,1-2,7,9,11H2. The molecule has 0 spiro atoms. The highest BCUT2D eigenvalue weighted by molar-refractivity contribution is 5.50. The Labute approximate surface area is 102 Å². The predicted octanol–water partition coefficient (Wildman–Crippen LogP) is 2.69. The van der Waals surface area contributed by atoms with Gasteiger partial charge in [0.1, 0.15) is 0 Å². The Bertz CT molecular complexity index is 450. The van der Waals surface area contributed by atoms with Gasteiger partial charge in [0.2, 0.25) is 0 Å². The zero-order valence-electron chi connectivity index (χ0n) is 9.76. The van der Waals surface area contributed by atoms with Crippen molar-refractivity contribution in [1.82, 2.24) is 0 Å². The van der Waals surface area contributed by atoms with Gasteiger partial charge in [-0.05, 0) is 43.0 Å². The van der Waals surface area contributed by atoms with Gasteiger partial charge in [-0.25, -0.2) is 0 Å². The molecule has 1 unspecified atom stereocenters. The number of piperidine rings is 1. The highest BCUT2D eigenvalue weighted by Crippen LogP contribution is 2.24. The molecule has 0 N–H and O–H groups in total. The van der Waals surface area contributed by atoms with Crippen molar-refractivity contribution < 1.29 is 0 Å². The van der Waals surface area contributed by atoms with E-state index in [0.29, 0.717) is 17.9 Å². The van der Waals surface area contributed by atoms with Crippen molar-refractivity contribution in [3.63, 3.8) is 0 Å². The van der Waals surface area contributed by atoms with Gasteiger partial charge in [0.15, 0.2) is 0 Å². The molecule has 3 heteroatoms.